The lowest BCUT2D eigenvalue weighted by Gasteiger charge is -2.37. The smallest absolute Gasteiger partial charge is 0.304 e. The number of nitrogens with zero attached hydrogens (tertiary/aromatic N) is 3. The van der Waals surface area contributed by atoms with E-state index in [1.807, 2.05) is 18.9 Å². The van der Waals surface area contributed by atoms with Crippen molar-refractivity contribution in [3.05, 3.63) is 67.2 Å². The first kappa shape index (κ1) is 27.0. The minimum Gasteiger partial charge on any atom is -0.318 e. The van der Waals surface area contributed by atoms with E-state index in [2.05, 4.69) is 20.3 Å². The molecule has 12 heteroatoms. The van der Waals surface area contributed by atoms with Crippen molar-refractivity contribution in [1.29, 1.82) is 0 Å². The largest absolute Gasteiger partial charge is 0.318 e. The lowest BCUT2D eigenvalue weighted by atomic mass is 10.0. The van der Waals surface area contributed by atoms with Gasteiger partial charge in [0.15, 0.2) is 17.9 Å². The summed E-state index contributed by atoms with van der Waals surface area (Å²) in [5.74, 6) is -2.70. The van der Waals surface area contributed by atoms with Gasteiger partial charge in [-0.05, 0) is 32.2 Å². The number of aromatic nitrogens is 3. The molecule has 0 amide bonds. The van der Waals surface area contributed by atoms with Crippen molar-refractivity contribution in [2.75, 3.05) is 26.7 Å². The highest BCUT2D eigenvalue weighted by molar-refractivity contribution is 7.09. The van der Waals surface area contributed by atoms with Crippen LogP contribution in [-0.2, 0) is 0 Å². The number of benzene rings is 1. The fourth-order valence-electron chi connectivity index (χ4n) is 3.71. The van der Waals surface area contributed by atoms with Crippen LogP contribution in [0.2, 0.25) is 5.02 Å². The minimum absolute atomic E-state index is 0.00921. The molecule has 1 aliphatic rings. The first-order valence-corrected chi connectivity index (χ1v) is 12.0. The molecule has 1 aromatic carbocycles. The molecular formula is C23H25ClF3N5O2S. The number of alkyl halides is 2. The van der Waals surface area contributed by atoms with Crippen LogP contribution in [0, 0.1) is 12.7 Å². The van der Waals surface area contributed by atoms with Gasteiger partial charge >= 0.3 is 4.87 Å². The van der Waals surface area contributed by atoms with Crippen molar-refractivity contribution in [2.45, 2.75) is 31.7 Å². The van der Waals surface area contributed by atoms with E-state index >= 15 is 0 Å². The summed E-state index contributed by atoms with van der Waals surface area (Å²) in [5.41, 5.74) is 1.81. The van der Waals surface area contributed by atoms with Crippen LogP contribution >= 0.6 is 22.9 Å². The molecule has 0 bridgehead atoms. The average molecular weight is 528 g/mol. The molecule has 1 fully saturated rings. The Bertz CT molecular complexity index is 1190. The van der Waals surface area contributed by atoms with Gasteiger partial charge in [0.1, 0.15) is 0 Å². The number of likely N-dealkylation sites (tertiary alicyclic amines) is 1. The van der Waals surface area contributed by atoms with E-state index in [1.165, 1.54) is 11.3 Å². The predicted octanol–water partition coefficient (Wildman–Crippen LogP) is 4.49. The van der Waals surface area contributed by atoms with E-state index in [0.29, 0.717) is 47.9 Å². The molecule has 2 N–H and O–H groups in total. The summed E-state index contributed by atoms with van der Waals surface area (Å²) in [6.45, 7) is 3.24. The zero-order valence-corrected chi connectivity index (χ0v) is 20.7. The number of aromatic amines is 1. The molecule has 7 nitrogen and oxygen atoms in total. The molecule has 4 rings (SSSR count). The summed E-state index contributed by atoms with van der Waals surface area (Å²) in [4.78, 5) is 35.4. The Labute approximate surface area is 209 Å². The number of aldehydes is 1. The molecule has 0 aliphatic carbocycles. The maximum absolute atomic E-state index is 13.2. The summed E-state index contributed by atoms with van der Waals surface area (Å²) in [6.07, 6.45) is 2.57. The van der Waals surface area contributed by atoms with Crippen molar-refractivity contribution >= 4 is 29.2 Å². The molecule has 3 heterocycles. The number of piperidine rings is 1. The number of nitrogens with one attached hydrogen (secondary N) is 2. The van der Waals surface area contributed by atoms with Crippen molar-refractivity contribution in [2.24, 2.45) is 0 Å². The Morgan fingerprint density at radius 1 is 1.29 bits per heavy atom. The van der Waals surface area contributed by atoms with Crippen LogP contribution in [0.5, 0.6) is 0 Å². The predicted molar refractivity (Wildman–Crippen MR) is 130 cm³/mol. The standard InChI is InChI=1S/C12H19F2N3OS.C11H6ClFN2O/c1-8-10(19-11(18)16-8)9(7-15-2)17-5-3-12(13,14)4-6-17;12-10-2-1-7(3-8(10)6-16)11-14-4-9(13)5-15-11/h9,15H,3-7H2,1-2H3,(H,16,18);1-6H. The first-order chi connectivity index (χ1) is 16.6. The van der Waals surface area contributed by atoms with E-state index in [-0.39, 0.29) is 23.8 Å². The molecular weight excluding hydrogens is 503 g/mol. The lowest BCUT2D eigenvalue weighted by Crippen LogP contribution is -2.43. The third-order valence-electron chi connectivity index (χ3n) is 5.53. The monoisotopic (exact) mass is 527 g/mol. The zero-order chi connectivity index (χ0) is 25.6. The Morgan fingerprint density at radius 3 is 2.49 bits per heavy atom. The number of halogens is 4. The molecule has 0 saturated carbocycles. The normalized spacial score (nSPS) is 16.3. The summed E-state index contributed by atoms with van der Waals surface area (Å²) in [6, 6.07) is 4.79. The van der Waals surface area contributed by atoms with Crippen LogP contribution in [0.3, 0.4) is 0 Å². The van der Waals surface area contributed by atoms with Gasteiger partial charge in [-0.15, -0.1) is 0 Å². The molecule has 1 unspecified atom stereocenters. The van der Waals surface area contributed by atoms with Crippen LogP contribution < -0.4 is 10.2 Å². The summed E-state index contributed by atoms with van der Waals surface area (Å²) >= 11 is 6.95. The fraction of sp³-hybridized carbons (Fsp3) is 0.391. The molecule has 0 spiro atoms. The van der Waals surface area contributed by atoms with Gasteiger partial charge in [-0.3, -0.25) is 14.5 Å². The van der Waals surface area contributed by atoms with Crippen molar-refractivity contribution in [3.8, 4) is 11.4 Å². The quantitative estimate of drug-likeness (QED) is 0.459. The van der Waals surface area contributed by atoms with Crippen molar-refractivity contribution in [3.63, 3.8) is 0 Å². The molecule has 188 valence electrons. The van der Waals surface area contributed by atoms with Crippen molar-refractivity contribution in [1.82, 2.24) is 25.2 Å². The van der Waals surface area contributed by atoms with Gasteiger partial charge < -0.3 is 10.3 Å². The van der Waals surface area contributed by atoms with Gasteiger partial charge in [0, 0.05) is 54.2 Å². The molecule has 3 aromatic rings. The summed E-state index contributed by atoms with van der Waals surface area (Å²) in [7, 11) is 1.83. The van der Waals surface area contributed by atoms with Gasteiger partial charge in [0.25, 0.3) is 5.92 Å². The van der Waals surface area contributed by atoms with Crippen LogP contribution in [0.15, 0.2) is 35.4 Å². The van der Waals surface area contributed by atoms with Gasteiger partial charge in [-0.2, -0.15) is 0 Å². The second kappa shape index (κ2) is 11.9. The Hall–Kier alpha value is -2.60. The number of thiazole rings is 1. The minimum atomic E-state index is -2.54. The Balaban J connectivity index is 0.000000198. The molecule has 1 atom stereocenters. The second-order valence-corrected chi connectivity index (χ2v) is 9.47. The van der Waals surface area contributed by atoms with Gasteiger partial charge in [0.05, 0.1) is 23.5 Å². The number of carbonyl (C=O) groups is 1. The Kier molecular flexibility index (Phi) is 9.17. The second-order valence-electron chi connectivity index (χ2n) is 8.05. The average Bonchev–Trinajstić information content (AvgIpc) is 3.16. The highest BCUT2D eigenvalue weighted by Crippen LogP contribution is 2.33. The SMILES string of the molecule is CNCC(c1sc(=O)[nH]c1C)N1CCC(F)(F)CC1.O=Cc1cc(-c2ncc(F)cn2)ccc1Cl. The van der Waals surface area contributed by atoms with Crippen LogP contribution in [0.4, 0.5) is 13.2 Å². The number of hydrogen-bond donors (Lipinski definition) is 2. The van der Waals surface area contributed by atoms with Gasteiger partial charge in [-0.25, -0.2) is 23.1 Å². The number of hydrogen-bond acceptors (Lipinski definition) is 7. The third kappa shape index (κ3) is 7.20. The number of carbonyl (C=O) groups excluding carboxylic acids is 1. The number of H-pyrrole nitrogens is 1. The Morgan fingerprint density at radius 2 is 1.94 bits per heavy atom. The number of aryl methyl sites for hydroxylation is 1. The fourth-order valence-corrected chi connectivity index (χ4v) is 4.85. The molecule has 1 saturated heterocycles. The summed E-state index contributed by atoms with van der Waals surface area (Å²) < 4.78 is 39.0. The highest BCUT2D eigenvalue weighted by atomic mass is 35.5. The van der Waals surface area contributed by atoms with Crippen LogP contribution in [-0.4, -0.2) is 58.7 Å². The maximum Gasteiger partial charge on any atom is 0.304 e. The lowest BCUT2D eigenvalue weighted by molar-refractivity contribution is -0.0629. The topological polar surface area (TPSA) is 91.0 Å². The van der Waals surface area contributed by atoms with Crippen LogP contribution in [0.25, 0.3) is 11.4 Å². The molecule has 1 aliphatic heterocycles. The maximum atomic E-state index is 13.2. The molecule has 0 radical (unpaired) electrons. The summed E-state index contributed by atoms with van der Waals surface area (Å²) in [5, 5.41) is 3.44. The van der Waals surface area contributed by atoms with E-state index < -0.39 is 11.7 Å². The first-order valence-electron chi connectivity index (χ1n) is 10.8. The van der Waals surface area contributed by atoms with Crippen molar-refractivity contribution < 1.29 is 18.0 Å². The van der Waals surface area contributed by atoms with Crippen LogP contribution in [0.1, 0.15) is 39.8 Å². The van der Waals surface area contributed by atoms with E-state index in [0.717, 1.165) is 23.0 Å². The highest BCUT2D eigenvalue weighted by Gasteiger charge is 2.37. The van der Waals surface area contributed by atoms with E-state index in [1.54, 1.807) is 18.2 Å². The molecule has 2 aromatic heterocycles. The zero-order valence-electron chi connectivity index (χ0n) is 19.2. The number of rotatable bonds is 6. The third-order valence-corrected chi connectivity index (χ3v) is 6.96. The number of likely N-dealkylation sites (N-methyl/N-ethyl adjacent to an activating group) is 1. The van der Waals surface area contributed by atoms with Gasteiger partial charge in [0.2, 0.25) is 0 Å². The van der Waals surface area contributed by atoms with Gasteiger partial charge in [-0.1, -0.05) is 22.9 Å². The molecule has 35 heavy (non-hydrogen) atoms. The van der Waals surface area contributed by atoms with E-state index in [4.69, 9.17) is 11.6 Å². The van der Waals surface area contributed by atoms with E-state index in [9.17, 15) is 22.8 Å².